The Morgan fingerprint density at radius 1 is 0.356 bits per heavy atom. The predicted octanol–water partition coefficient (Wildman–Crippen LogP) is 15.4. The van der Waals surface area contributed by atoms with E-state index in [9.17, 15) is 14.4 Å². The van der Waals surface area contributed by atoms with Crippen LogP contribution >= 0.6 is 0 Å². The van der Waals surface area contributed by atoms with Crippen LogP contribution in [-0.2, 0) is 28.6 Å². The van der Waals surface area contributed by atoms with Crippen LogP contribution in [0.3, 0.4) is 0 Å². The minimum atomic E-state index is -0.815. The van der Waals surface area contributed by atoms with Gasteiger partial charge in [0.15, 0.2) is 6.10 Å². The van der Waals surface area contributed by atoms with E-state index in [1.165, 1.54) is 57.8 Å². The highest BCUT2D eigenvalue weighted by Gasteiger charge is 2.19. The van der Waals surface area contributed by atoms with Gasteiger partial charge in [0.1, 0.15) is 13.2 Å². The highest BCUT2D eigenvalue weighted by molar-refractivity contribution is 5.71. The summed E-state index contributed by atoms with van der Waals surface area (Å²) in [5.74, 6) is -1.01. The first kappa shape index (κ1) is 55.3. The minimum absolute atomic E-state index is 0.109. The normalized spacial score (nSPS) is 12.9. The summed E-state index contributed by atoms with van der Waals surface area (Å²) in [5, 5.41) is 0. The Hall–Kier alpha value is -3.67. The van der Waals surface area contributed by atoms with Crippen molar-refractivity contribution in [2.75, 3.05) is 13.2 Å². The second-order valence-corrected chi connectivity index (χ2v) is 15.3. The van der Waals surface area contributed by atoms with Crippen molar-refractivity contribution >= 4 is 17.9 Å². The Morgan fingerprint density at radius 2 is 0.695 bits per heavy atom. The van der Waals surface area contributed by atoms with Crippen molar-refractivity contribution in [3.05, 3.63) is 97.2 Å². The molecular formula is C53H86O6. The quantitative estimate of drug-likeness (QED) is 0.0265. The van der Waals surface area contributed by atoms with Crippen LogP contribution in [0.4, 0.5) is 0 Å². The smallest absolute Gasteiger partial charge is 0.306 e. The minimum Gasteiger partial charge on any atom is -0.462 e. The summed E-state index contributed by atoms with van der Waals surface area (Å²) in [7, 11) is 0. The third kappa shape index (κ3) is 45.3. The van der Waals surface area contributed by atoms with Gasteiger partial charge in [0.05, 0.1) is 0 Å². The molecule has 0 saturated carbocycles. The van der Waals surface area contributed by atoms with Crippen LogP contribution in [0.15, 0.2) is 97.2 Å². The lowest BCUT2D eigenvalue weighted by molar-refractivity contribution is -0.166. The molecule has 334 valence electrons. The number of hydrogen-bond donors (Lipinski definition) is 0. The molecule has 0 bridgehead atoms. The molecule has 0 spiro atoms. The van der Waals surface area contributed by atoms with Crippen LogP contribution in [0.5, 0.6) is 0 Å². The summed E-state index contributed by atoms with van der Waals surface area (Å²) in [5.41, 5.74) is 0. The maximum atomic E-state index is 12.7. The van der Waals surface area contributed by atoms with Crippen LogP contribution in [0.1, 0.15) is 201 Å². The van der Waals surface area contributed by atoms with Crippen LogP contribution in [-0.4, -0.2) is 37.2 Å². The van der Waals surface area contributed by atoms with Crippen molar-refractivity contribution in [3.8, 4) is 0 Å². The van der Waals surface area contributed by atoms with Gasteiger partial charge in [-0.05, 0) is 83.5 Å². The fourth-order valence-electron chi connectivity index (χ4n) is 6.09. The van der Waals surface area contributed by atoms with Gasteiger partial charge in [-0.1, -0.05) is 195 Å². The lowest BCUT2D eigenvalue weighted by Crippen LogP contribution is -2.30. The van der Waals surface area contributed by atoms with Crippen LogP contribution in [0.2, 0.25) is 0 Å². The summed E-state index contributed by atoms with van der Waals surface area (Å²) in [6.07, 6.45) is 61.4. The zero-order valence-corrected chi connectivity index (χ0v) is 38.0. The molecule has 0 aromatic heterocycles. The van der Waals surface area contributed by atoms with Crippen LogP contribution in [0.25, 0.3) is 0 Å². The van der Waals surface area contributed by atoms with Crippen molar-refractivity contribution in [2.45, 2.75) is 207 Å². The lowest BCUT2D eigenvalue weighted by atomic mass is 10.1. The van der Waals surface area contributed by atoms with E-state index in [1.54, 1.807) is 0 Å². The van der Waals surface area contributed by atoms with Gasteiger partial charge in [-0.2, -0.15) is 0 Å². The van der Waals surface area contributed by atoms with E-state index in [0.29, 0.717) is 19.3 Å². The highest BCUT2D eigenvalue weighted by Crippen LogP contribution is 2.13. The third-order valence-electron chi connectivity index (χ3n) is 9.60. The maximum absolute atomic E-state index is 12.7. The standard InChI is InChI=1S/C53H86O6/c1-4-7-10-13-16-18-20-22-23-24-25-26-27-28-29-31-32-34-37-40-43-46-52(55)58-49-50(48-57-51(54)45-42-39-36-15-12-9-6-3)59-53(56)47-44-41-38-35-33-30-21-19-17-14-11-8-5-2/h7-8,10-11,16-19,22-23,25-26,30,33,38,41,50H,4-6,9,12-15,20-21,24,27-29,31-32,34-37,39-40,42-49H2,1-3H3/b10-7-,11-8-,18-16-,19-17-,23-22-,26-25-,33-30-,41-38-. The third-order valence-corrected chi connectivity index (χ3v) is 9.60. The van der Waals surface area contributed by atoms with Crippen molar-refractivity contribution in [3.63, 3.8) is 0 Å². The Balaban J connectivity index is 4.34. The molecule has 0 saturated heterocycles. The zero-order chi connectivity index (χ0) is 43.0. The molecular weight excluding hydrogens is 733 g/mol. The van der Waals surface area contributed by atoms with Crippen LogP contribution in [0, 0.1) is 0 Å². The van der Waals surface area contributed by atoms with E-state index < -0.39 is 12.1 Å². The van der Waals surface area contributed by atoms with Gasteiger partial charge in [-0.3, -0.25) is 14.4 Å². The average Bonchev–Trinajstić information content (AvgIpc) is 3.23. The number of hydrogen-bond acceptors (Lipinski definition) is 6. The molecule has 6 nitrogen and oxygen atoms in total. The van der Waals surface area contributed by atoms with E-state index in [4.69, 9.17) is 14.2 Å². The van der Waals surface area contributed by atoms with E-state index in [-0.39, 0.29) is 31.6 Å². The van der Waals surface area contributed by atoms with Crippen molar-refractivity contribution in [2.24, 2.45) is 0 Å². The fourth-order valence-corrected chi connectivity index (χ4v) is 6.09. The summed E-state index contributed by atoms with van der Waals surface area (Å²) in [4.78, 5) is 37.6. The largest absolute Gasteiger partial charge is 0.462 e. The number of ether oxygens (including phenoxy) is 3. The molecule has 59 heavy (non-hydrogen) atoms. The zero-order valence-electron chi connectivity index (χ0n) is 38.0. The summed E-state index contributed by atoms with van der Waals surface area (Å²) >= 11 is 0. The Labute approximate surface area is 362 Å². The number of unbranched alkanes of at least 4 members (excludes halogenated alkanes) is 14. The van der Waals surface area contributed by atoms with Gasteiger partial charge in [0.2, 0.25) is 0 Å². The number of carbonyl (C=O) groups is 3. The first-order valence-corrected chi connectivity index (χ1v) is 23.7. The van der Waals surface area contributed by atoms with Gasteiger partial charge in [-0.15, -0.1) is 0 Å². The van der Waals surface area contributed by atoms with Gasteiger partial charge in [-0.25, -0.2) is 0 Å². The number of esters is 3. The Bertz CT molecular complexity index is 1220. The molecule has 0 aliphatic heterocycles. The number of allylic oxidation sites excluding steroid dienone is 16. The number of rotatable bonds is 41. The summed E-state index contributed by atoms with van der Waals surface area (Å²) < 4.78 is 16.6. The second-order valence-electron chi connectivity index (χ2n) is 15.3. The van der Waals surface area contributed by atoms with Crippen molar-refractivity contribution in [1.82, 2.24) is 0 Å². The molecule has 0 aromatic rings. The molecule has 0 N–H and O–H groups in total. The number of carbonyl (C=O) groups excluding carboxylic acids is 3. The molecule has 1 atom stereocenters. The van der Waals surface area contributed by atoms with Gasteiger partial charge in [0, 0.05) is 19.3 Å². The van der Waals surface area contributed by atoms with Crippen molar-refractivity contribution in [1.29, 1.82) is 0 Å². The Morgan fingerprint density at radius 3 is 1.10 bits per heavy atom. The molecule has 0 amide bonds. The first-order chi connectivity index (χ1) is 29.0. The van der Waals surface area contributed by atoms with Crippen LogP contribution < -0.4 is 0 Å². The van der Waals surface area contributed by atoms with E-state index in [0.717, 1.165) is 96.3 Å². The predicted molar refractivity (Wildman–Crippen MR) is 251 cm³/mol. The average molecular weight is 819 g/mol. The molecule has 0 radical (unpaired) electrons. The van der Waals surface area contributed by atoms with Crippen molar-refractivity contribution < 1.29 is 28.6 Å². The lowest BCUT2D eigenvalue weighted by Gasteiger charge is -2.18. The topological polar surface area (TPSA) is 78.9 Å². The molecule has 6 heteroatoms. The SMILES string of the molecule is CC/C=C\C/C=C\C/C=C\C/C=C\CCCCCCCCCCC(=O)OCC(COC(=O)CCCCCCCCC)OC(=O)CC/C=C\C/C=C\C/C=C\C/C=C\CC. The molecule has 0 aliphatic carbocycles. The summed E-state index contributed by atoms with van der Waals surface area (Å²) in [6, 6.07) is 0. The van der Waals surface area contributed by atoms with Gasteiger partial charge < -0.3 is 14.2 Å². The van der Waals surface area contributed by atoms with Gasteiger partial charge >= 0.3 is 17.9 Å². The Kier molecular flexibility index (Phi) is 44.1. The monoisotopic (exact) mass is 819 g/mol. The van der Waals surface area contributed by atoms with E-state index in [1.807, 2.05) is 12.2 Å². The summed E-state index contributed by atoms with van der Waals surface area (Å²) in [6.45, 7) is 6.27. The highest BCUT2D eigenvalue weighted by atomic mass is 16.6. The molecule has 0 aliphatic rings. The molecule has 0 aromatic carbocycles. The van der Waals surface area contributed by atoms with Gasteiger partial charge in [0.25, 0.3) is 0 Å². The molecule has 0 heterocycles. The first-order valence-electron chi connectivity index (χ1n) is 23.7. The van der Waals surface area contributed by atoms with E-state index in [2.05, 4.69) is 106 Å². The second kappa shape index (κ2) is 47.0. The maximum Gasteiger partial charge on any atom is 0.306 e. The molecule has 1 unspecified atom stereocenters. The molecule has 0 fully saturated rings. The fraction of sp³-hybridized carbons (Fsp3) is 0.642. The molecule has 0 rings (SSSR count). The van der Waals surface area contributed by atoms with E-state index >= 15 is 0 Å².